The molecule has 0 saturated heterocycles. The van der Waals surface area contributed by atoms with Crippen molar-refractivity contribution in [2.24, 2.45) is 0 Å². The van der Waals surface area contributed by atoms with Crippen molar-refractivity contribution in [3.05, 3.63) is 0 Å². The van der Waals surface area contributed by atoms with E-state index in [0.717, 1.165) is 6.42 Å². The van der Waals surface area contributed by atoms with Crippen LogP contribution in [0, 0.1) is 0 Å². The Kier molecular flexibility index (Phi) is 10.2. The van der Waals surface area contributed by atoms with E-state index in [1.807, 2.05) is 6.92 Å². The molecule has 0 aromatic carbocycles. The lowest BCUT2D eigenvalue weighted by atomic mass is 10.1. The Labute approximate surface area is 156 Å². The number of rotatable bonds is 13. The van der Waals surface area contributed by atoms with Crippen molar-refractivity contribution in [1.29, 1.82) is 0 Å². The van der Waals surface area contributed by atoms with Gasteiger partial charge in [0.15, 0.2) is 6.61 Å². The summed E-state index contributed by atoms with van der Waals surface area (Å²) in [5, 5.41) is 0. The average Bonchev–Trinajstić information content (AvgIpc) is 2.59. The van der Waals surface area contributed by atoms with Gasteiger partial charge in [0.25, 0.3) is 0 Å². The number of hydrogen-bond donors (Lipinski definition) is 0. The minimum atomic E-state index is -6.44. The van der Waals surface area contributed by atoms with Gasteiger partial charge in [-0.25, -0.2) is 8.78 Å². The smallest absolute Gasteiger partial charge is 0.381 e. The molecule has 12 heteroatoms. The third kappa shape index (κ3) is 7.08. The Balaban J connectivity index is 4.49. The Morgan fingerprint density at radius 3 is 1.93 bits per heavy atom. The first-order valence-corrected chi connectivity index (χ1v) is 8.49. The quantitative estimate of drug-likeness (QED) is 0.305. The maximum absolute atomic E-state index is 13.2. The molecule has 0 spiro atoms. The van der Waals surface area contributed by atoms with Crippen molar-refractivity contribution in [1.82, 2.24) is 0 Å². The van der Waals surface area contributed by atoms with Crippen molar-refractivity contribution in [3.63, 3.8) is 0 Å². The second-order valence-corrected chi connectivity index (χ2v) is 6.03. The molecule has 0 aromatic rings. The standard InChI is InChI=1S/C16H22F8O4/c1-3-6-10(4-2)28-12(26)8-5-7-11(25)27-9-14(19,20)16(23,24)15(21,22)13(17)18/h10,13H,3-9H2,1-2H3. The van der Waals surface area contributed by atoms with E-state index in [9.17, 15) is 44.7 Å². The molecule has 0 N–H and O–H groups in total. The van der Waals surface area contributed by atoms with Crippen LogP contribution in [0.15, 0.2) is 0 Å². The third-order valence-electron chi connectivity index (χ3n) is 3.69. The van der Waals surface area contributed by atoms with Gasteiger partial charge in [0.05, 0.1) is 0 Å². The zero-order valence-corrected chi connectivity index (χ0v) is 15.3. The normalized spacial score (nSPS) is 14.1. The Bertz CT molecular complexity index is 511. The van der Waals surface area contributed by atoms with Crippen molar-refractivity contribution in [2.45, 2.75) is 82.7 Å². The minimum Gasteiger partial charge on any atom is -0.462 e. The van der Waals surface area contributed by atoms with Gasteiger partial charge in [-0.05, 0) is 19.3 Å². The average molecular weight is 430 g/mol. The van der Waals surface area contributed by atoms with Crippen molar-refractivity contribution < 1.29 is 54.2 Å². The molecule has 28 heavy (non-hydrogen) atoms. The molecule has 0 aromatic heterocycles. The van der Waals surface area contributed by atoms with E-state index >= 15 is 0 Å². The van der Waals surface area contributed by atoms with E-state index in [0.29, 0.717) is 12.8 Å². The lowest BCUT2D eigenvalue weighted by molar-refractivity contribution is -0.344. The maximum atomic E-state index is 13.2. The van der Waals surface area contributed by atoms with Crippen LogP contribution in [-0.4, -0.2) is 48.8 Å². The second-order valence-electron chi connectivity index (χ2n) is 6.03. The van der Waals surface area contributed by atoms with Gasteiger partial charge in [-0.15, -0.1) is 0 Å². The fourth-order valence-electron chi connectivity index (χ4n) is 2.01. The molecule has 0 amide bonds. The third-order valence-corrected chi connectivity index (χ3v) is 3.69. The highest BCUT2D eigenvalue weighted by atomic mass is 19.4. The lowest BCUT2D eigenvalue weighted by Gasteiger charge is -2.31. The van der Waals surface area contributed by atoms with Crippen LogP contribution in [0.4, 0.5) is 35.1 Å². The second kappa shape index (κ2) is 10.8. The fourth-order valence-corrected chi connectivity index (χ4v) is 2.01. The summed E-state index contributed by atoms with van der Waals surface area (Å²) in [5.41, 5.74) is 0. The molecule has 166 valence electrons. The molecule has 0 bridgehead atoms. The molecular weight excluding hydrogens is 408 g/mol. The summed E-state index contributed by atoms with van der Waals surface area (Å²) < 4.78 is 110. The Morgan fingerprint density at radius 1 is 0.929 bits per heavy atom. The Morgan fingerprint density at radius 2 is 1.46 bits per heavy atom. The highest BCUT2D eigenvalue weighted by Crippen LogP contribution is 2.48. The number of hydrogen-bond acceptors (Lipinski definition) is 4. The summed E-state index contributed by atoms with van der Waals surface area (Å²) >= 11 is 0. The van der Waals surface area contributed by atoms with Gasteiger partial charge in [0.1, 0.15) is 6.10 Å². The molecule has 0 rings (SSSR count). The first kappa shape index (κ1) is 26.4. The van der Waals surface area contributed by atoms with Gasteiger partial charge < -0.3 is 9.47 Å². The lowest BCUT2D eigenvalue weighted by Crippen LogP contribution is -2.59. The van der Waals surface area contributed by atoms with Crippen LogP contribution in [-0.2, 0) is 19.1 Å². The molecule has 1 unspecified atom stereocenters. The number of carbonyl (C=O) groups is 2. The van der Waals surface area contributed by atoms with E-state index in [1.165, 1.54) is 0 Å². The SMILES string of the molecule is CCCC(CC)OC(=O)CCCC(=O)OCC(F)(F)C(F)(F)C(F)(F)C(F)F. The van der Waals surface area contributed by atoms with Crippen molar-refractivity contribution in [3.8, 4) is 0 Å². The summed E-state index contributed by atoms with van der Waals surface area (Å²) in [6.07, 6.45) is -4.59. The van der Waals surface area contributed by atoms with E-state index in [1.54, 1.807) is 6.92 Å². The summed E-state index contributed by atoms with van der Waals surface area (Å²) in [6.45, 7) is 1.15. The molecule has 0 fully saturated rings. The molecule has 4 nitrogen and oxygen atoms in total. The summed E-state index contributed by atoms with van der Waals surface area (Å²) in [6, 6.07) is 0. The highest BCUT2D eigenvalue weighted by molar-refractivity contribution is 5.72. The van der Waals surface area contributed by atoms with Gasteiger partial charge in [0, 0.05) is 12.8 Å². The summed E-state index contributed by atoms with van der Waals surface area (Å²) in [4.78, 5) is 22.8. The van der Waals surface area contributed by atoms with Crippen LogP contribution >= 0.6 is 0 Å². The molecule has 0 aliphatic rings. The number of esters is 2. The summed E-state index contributed by atoms with van der Waals surface area (Å²) in [5.74, 6) is -20.6. The monoisotopic (exact) mass is 430 g/mol. The van der Waals surface area contributed by atoms with E-state index < -0.39 is 49.2 Å². The largest absolute Gasteiger partial charge is 0.462 e. The van der Waals surface area contributed by atoms with Gasteiger partial charge in [-0.2, -0.15) is 26.3 Å². The topological polar surface area (TPSA) is 52.6 Å². The zero-order valence-electron chi connectivity index (χ0n) is 15.3. The predicted octanol–water partition coefficient (Wildman–Crippen LogP) is 4.99. The number of halogens is 8. The van der Waals surface area contributed by atoms with Gasteiger partial charge in [-0.1, -0.05) is 20.3 Å². The van der Waals surface area contributed by atoms with Crippen LogP contribution in [0.25, 0.3) is 0 Å². The molecule has 0 radical (unpaired) electrons. The first-order chi connectivity index (χ1) is 12.7. The zero-order chi connectivity index (χ0) is 22.2. The first-order valence-electron chi connectivity index (χ1n) is 8.49. The number of alkyl halides is 8. The van der Waals surface area contributed by atoms with Crippen LogP contribution in [0.3, 0.4) is 0 Å². The molecule has 0 aliphatic carbocycles. The number of carbonyl (C=O) groups excluding carboxylic acids is 2. The van der Waals surface area contributed by atoms with Crippen LogP contribution in [0.1, 0.15) is 52.4 Å². The summed E-state index contributed by atoms with van der Waals surface area (Å²) in [7, 11) is 0. The molecule has 1 atom stereocenters. The number of ether oxygens (including phenoxy) is 2. The molecular formula is C16H22F8O4. The maximum Gasteiger partial charge on any atom is 0.381 e. The van der Waals surface area contributed by atoms with E-state index in [2.05, 4.69) is 4.74 Å². The predicted molar refractivity (Wildman–Crippen MR) is 80.7 cm³/mol. The molecule has 0 aliphatic heterocycles. The van der Waals surface area contributed by atoms with Crippen LogP contribution < -0.4 is 0 Å². The minimum absolute atomic E-state index is 0.227. The van der Waals surface area contributed by atoms with Crippen molar-refractivity contribution >= 4 is 11.9 Å². The Hall–Kier alpha value is -1.62. The van der Waals surface area contributed by atoms with Crippen LogP contribution in [0.5, 0.6) is 0 Å². The van der Waals surface area contributed by atoms with Crippen molar-refractivity contribution in [2.75, 3.05) is 6.61 Å². The molecule has 0 saturated carbocycles. The van der Waals surface area contributed by atoms with E-state index in [4.69, 9.17) is 4.74 Å². The van der Waals surface area contributed by atoms with Gasteiger partial charge >= 0.3 is 36.1 Å². The van der Waals surface area contributed by atoms with Crippen LogP contribution in [0.2, 0.25) is 0 Å². The van der Waals surface area contributed by atoms with Gasteiger partial charge in [0.2, 0.25) is 0 Å². The van der Waals surface area contributed by atoms with Gasteiger partial charge in [-0.3, -0.25) is 9.59 Å². The molecule has 0 heterocycles. The highest BCUT2D eigenvalue weighted by Gasteiger charge is 2.75. The van der Waals surface area contributed by atoms with E-state index in [-0.39, 0.29) is 18.9 Å². The fraction of sp³-hybridized carbons (Fsp3) is 0.875.